The van der Waals surface area contributed by atoms with Crippen molar-refractivity contribution in [3.63, 3.8) is 0 Å². The predicted molar refractivity (Wildman–Crippen MR) is 79.3 cm³/mol. The minimum atomic E-state index is 0.558. The molecule has 0 bridgehead atoms. The molecule has 1 saturated heterocycles. The summed E-state index contributed by atoms with van der Waals surface area (Å²) >= 11 is 0. The molecule has 2 heteroatoms. The molecule has 1 atom stereocenters. The third kappa shape index (κ3) is 1.53. The van der Waals surface area contributed by atoms with E-state index in [0.717, 1.165) is 6.42 Å². The van der Waals surface area contributed by atoms with Crippen LogP contribution < -0.4 is 0 Å². The second kappa shape index (κ2) is 3.97. The third-order valence-electron chi connectivity index (χ3n) is 4.90. The van der Waals surface area contributed by atoms with Crippen LogP contribution in [0.5, 0.6) is 0 Å². The minimum absolute atomic E-state index is 0.558. The van der Waals surface area contributed by atoms with Crippen LogP contribution in [0.15, 0.2) is 36.4 Å². The Kier molecular flexibility index (Phi) is 2.36. The van der Waals surface area contributed by atoms with Crippen molar-refractivity contribution in [2.75, 3.05) is 13.1 Å². The molecule has 3 heterocycles. The van der Waals surface area contributed by atoms with Crippen molar-refractivity contribution in [3.8, 4) is 0 Å². The number of aromatic nitrogens is 1. The number of fused-ring (bicyclic) bond motifs is 5. The molecule has 2 nitrogen and oxygen atoms in total. The van der Waals surface area contributed by atoms with Crippen molar-refractivity contribution in [2.24, 2.45) is 7.05 Å². The standard InChI is InChI=1S/C17H20N2/c1-12-7-9-19-10-8-14-13-5-3-4-6-15(13)18(2)17(14)16(19)11-12/h3-6,16H,1,7-11H2,2H3. The van der Waals surface area contributed by atoms with Gasteiger partial charge in [-0.3, -0.25) is 4.90 Å². The van der Waals surface area contributed by atoms with Crippen LogP contribution in [0.4, 0.5) is 0 Å². The molecule has 2 aromatic rings. The molecule has 1 unspecified atom stereocenters. The van der Waals surface area contributed by atoms with Crippen molar-refractivity contribution in [3.05, 3.63) is 47.7 Å². The number of rotatable bonds is 0. The Balaban J connectivity index is 1.95. The highest BCUT2D eigenvalue weighted by molar-refractivity contribution is 5.86. The average molecular weight is 252 g/mol. The Bertz CT molecular complexity index is 665. The zero-order valence-corrected chi connectivity index (χ0v) is 11.5. The van der Waals surface area contributed by atoms with Crippen LogP contribution in [0, 0.1) is 0 Å². The van der Waals surface area contributed by atoms with Gasteiger partial charge in [-0.15, -0.1) is 0 Å². The molecule has 19 heavy (non-hydrogen) atoms. The molecular weight excluding hydrogens is 232 g/mol. The first kappa shape index (κ1) is 11.3. The number of aryl methyl sites for hydroxylation is 1. The fourth-order valence-corrected chi connectivity index (χ4v) is 3.93. The quantitative estimate of drug-likeness (QED) is 0.652. The van der Waals surface area contributed by atoms with Gasteiger partial charge in [0.05, 0.1) is 6.04 Å². The van der Waals surface area contributed by atoms with E-state index in [1.165, 1.54) is 48.1 Å². The second-order valence-electron chi connectivity index (χ2n) is 5.95. The van der Waals surface area contributed by atoms with Crippen LogP contribution in [0.3, 0.4) is 0 Å². The first-order valence-electron chi connectivity index (χ1n) is 7.22. The smallest absolute Gasteiger partial charge is 0.0540 e. The minimum Gasteiger partial charge on any atom is -0.346 e. The van der Waals surface area contributed by atoms with Crippen molar-refractivity contribution < 1.29 is 0 Å². The van der Waals surface area contributed by atoms with Gasteiger partial charge in [-0.25, -0.2) is 0 Å². The molecule has 98 valence electrons. The highest BCUT2D eigenvalue weighted by Crippen LogP contribution is 2.41. The van der Waals surface area contributed by atoms with Crippen LogP contribution in [-0.4, -0.2) is 22.6 Å². The van der Waals surface area contributed by atoms with E-state index in [1.54, 1.807) is 5.56 Å². The summed E-state index contributed by atoms with van der Waals surface area (Å²) in [6.07, 6.45) is 3.51. The number of hydrogen-bond donors (Lipinski definition) is 0. The summed E-state index contributed by atoms with van der Waals surface area (Å²) in [6.45, 7) is 6.62. The Morgan fingerprint density at radius 2 is 1.95 bits per heavy atom. The van der Waals surface area contributed by atoms with Gasteiger partial charge in [-0.1, -0.05) is 30.4 Å². The van der Waals surface area contributed by atoms with Gasteiger partial charge in [0, 0.05) is 36.7 Å². The number of para-hydroxylation sites is 1. The topological polar surface area (TPSA) is 8.17 Å². The zero-order chi connectivity index (χ0) is 13.0. The zero-order valence-electron chi connectivity index (χ0n) is 11.5. The Hall–Kier alpha value is -1.54. The maximum atomic E-state index is 4.23. The van der Waals surface area contributed by atoms with Crippen LogP contribution in [0.25, 0.3) is 10.9 Å². The van der Waals surface area contributed by atoms with Crippen molar-refractivity contribution in [2.45, 2.75) is 25.3 Å². The van der Waals surface area contributed by atoms with Crippen molar-refractivity contribution >= 4 is 10.9 Å². The predicted octanol–water partition coefficient (Wildman–Crippen LogP) is 3.43. The van der Waals surface area contributed by atoms with Gasteiger partial charge in [0.2, 0.25) is 0 Å². The molecule has 1 aromatic heterocycles. The average Bonchev–Trinajstić information content (AvgIpc) is 2.73. The van der Waals surface area contributed by atoms with Crippen molar-refractivity contribution in [1.29, 1.82) is 0 Å². The second-order valence-corrected chi connectivity index (χ2v) is 5.95. The molecule has 2 aliphatic rings. The lowest BCUT2D eigenvalue weighted by atomic mass is 9.89. The summed E-state index contributed by atoms with van der Waals surface area (Å²) < 4.78 is 2.42. The van der Waals surface area contributed by atoms with E-state index in [1.807, 2.05) is 0 Å². The number of nitrogens with zero attached hydrogens (tertiary/aromatic N) is 2. The largest absolute Gasteiger partial charge is 0.346 e. The van der Waals surface area contributed by atoms with E-state index in [-0.39, 0.29) is 0 Å². The SMILES string of the molecule is C=C1CCN2CCc3c(n(C)c4ccccc34)C2C1. The number of piperidine rings is 1. The molecule has 0 saturated carbocycles. The summed E-state index contributed by atoms with van der Waals surface area (Å²) in [6, 6.07) is 9.39. The summed E-state index contributed by atoms with van der Waals surface area (Å²) in [4.78, 5) is 2.65. The fraction of sp³-hybridized carbons (Fsp3) is 0.412. The maximum Gasteiger partial charge on any atom is 0.0540 e. The van der Waals surface area contributed by atoms with Gasteiger partial charge in [0.25, 0.3) is 0 Å². The van der Waals surface area contributed by atoms with Gasteiger partial charge in [-0.2, -0.15) is 0 Å². The van der Waals surface area contributed by atoms with E-state index in [2.05, 4.69) is 47.4 Å². The maximum absolute atomic E-state index is 4.23. The highest BCUT2D eigenvalue weighted by Gasteiger charge is 2.34. The summed E-state index contributed by atoms with van der Waals surface area (Å²) in [5, 5.41) is 1.45. The van der Waals surface area contributed by atoms with Gasteiger partial charge >= 0.3 is 0 Å². The van der Waals surface area contributed by atoms with Gasteiger partial charge < -0.3 is 4.57 Å². The number of hydrogen-bond acceptors (Lipinski definition) is 1. The van der Waals surface area contributed by atoms with Crippen LogP contribution in [0.2, 0.25) is 0 Å². The van der Waals surface area contributed by atoms with E-state index in [4.69, 9.17) is 0 Å². The van der Waals surface area contributed by atoms with E-state index in [0.29, 0.717) is 6.04 Å². The molecule has 4 rings (SSSR count). The van der Waals surface area contributed by atoms with E-state index in [9.17, 15) is 0 Å². The van der Waals surface area contributed by atoms with Gasteiger partial charge in [0.1, 0.15) is 0 Å². The van der Waals surface area contributed by atoms with E-state index < -0.39 is 0 Å². The molecule has 1 fully saturated rings. The van der Waals surface area contributed by atoms with E-state index >= 15 is 0 Å². The molecule has 0 radical (unpaired) electrons. The molecule has 2 aliphatic heterocycles. The fourth-order valence-electron chi connectivity index (χ4n) is 3.93. The Morgan fingerprint density at radius 1 is 1.16 bits per heavy atom. The Labute approximate surface area is 114 Å². The first-order chi connectivity index (χ1) is 9.25. The monoisotopic (exact) mass is 252 g/mol. The van der Waals surface area contributed by atoms with Crippen LogP contribution in [0.1, 0.15) is 30.1 Å². The molecule has 1 aromatic carbocycles. The Morgan fingerprint density at radius 3 is 2.84 bits per heavy atom. The molecule has 0 N–H and O–H groups in total. The summed E-state index contributed by atoms with van der Waals surface area (Å²) in [5.74, 6) is 0. The molecular formula is C17H20N2. The van der Waals surface area contributed by atoms with Crippen LogP contribution in [-0.2, 0) is 13.5 Å². The third-order valence-corrected chi connectivity index (χ3v) is 4.90. The summed E-state index contributed by atoms with van der Waals surface area (Å²) in [7, 11) is 2.22. The lowest BCUT2D eigenvalue weighted by molar-refractivity contribution is 0.158. The lowest BCUT2D eigenvalue weighted by Crippen LogP contribution is -2.40. The molecule has 0 amide bonds. The van der Waals surface area contributed by atoms with Gasteiger partial charge in [0.15, 0.2) is 0 Å². The first-order valence-corrected chi connectivity index (χ1v) is 7.22. The van der Waals surface area contributed by atoms with Gasteiger partial charge in [-0.05, 0) is 30.9 Å². The summed E-state index contributed by atoms with van der Waals surface area (Å²) in [5.41, 5.74) is 5.91. The molecule has 0 aliphatic carbocycles. The van der Waals surface area contributed by atoms with Crippen molar-refractivity contribution in [1.82, 2.24) is 9.47 Å². The molecule has 0 spiro atoms. The number of benzene rings is 1. The highest BCUT2D eigenvalue weighted by atomic mass is 15.2. The lowest BCUT2D eigenvalue weighted by Gasteiger charge is -2.40. The van der Waals surface area contributed by atoms with Crippen LogP contribution >= 0.6 is 0 Å². The normalized spacial score (nSPS) is 23.4.